The second-order valence-corrected chi connectivity index (χ2v) is 6.72. The van der Waals surface area contributed by atoms with Crippen LogP contribution in [0.4, 0.5) is 5.69 Å². The maximum absolute atomic E-state index is 5.50. The van der Waals surface area contributed by atoms with E-state index in [0.717, 1.165) is 37.3 Å². The minimum absolute atomic E-state index is 0.477. The quantitative estimate of drug-likeness (QED) is 0.787. The molecule has 0 aliphatic carbocycles. The van der Waals surface area contributed by atoms with Gasteiger partial charge < -0.3 is 4.90 Å². The van der Waals surface area contributed by atoms with Crippen molar-refractivity contribution in [2.45, 2.75) is 39.2 Å². The van der Waals surface area contributed by atoms with Gasteiger partial charge in [-0.15, -0.1) is 0 Å². The molecule has 2 heterocycles. The van der Waals surface area contributed by atoms with Crippen molar-refractivity contribution in [3.63, 3.8) is 0 Å². The van der Waals surface area contributed by atoms with Crippen LogP contribution in [0.15, 0.2) is 48.8 Å². The van der Waals surface area contributed by atoms with Gasteiger partial charge in [0.1, 0.15) is 0 Å². The standard InChI is InChI=1S/C19H25N3S/c1-3-17-8-4-5-9-19(17)20-14-10-18(11-15-20)22(16(2)23)21-12-6-7-13-21/h4-9,12-13,18H,3,10-11,14-15H2,1-2H3. The molecule has 1 fully saturated rings. The molecule has 0 radical (unpaired) electrons. The fraction of sp³-hybridized carbons (Fsp3) is 0.421. The predicted molar refractivity (Wildman–Crippen MR) is 102 cm³/mol. The third kappa shape index (κ3) is 3.42. The predicted octanol–water partition coefficient (Wildman–Crippen LogP) is 4.00. The van der Waals surface area contributed by atoms with E-state index in [1.165, 1.54) is 11.3 Å². The highest BCUT2D eigenvalue weighted by Crippen LogP contribution is 2.26. The molecule has 0 N–H and O–H groups in total. The zero-order valence-corrected chi connectivity index (χ0v) is 14.8. The number of aryl methyl sites for hydroxylation is 1. The third-order valence-corrected chi connectivity index (χ3v) is 4.87. The SMILES string of the molecule is CCc1ccccc1N1CCC(N(C(C)=S)n2cccc2)CC1. The average Bonchev–Trinajstić information content (AvgIpc) is 3.09. The number of anilines is 1. The molecular formula is C19H25N3S. The monoisotopic (exact) mass is 327 g/mol. The smallest absolute Gasteiger partial charge is 0.0950 e. The number of rotatable bonds is 4. The lowest BCUT2D eigenvalue weighted by Gasteiger charge is -2.40. The van der Waals surface area contributed by atoms with E-state index in [-0.39, 0.29) is 0 Å². The van der Waals surface area contributed by atoms with Gasteiger partial charge in [0.2, 0.25) is 0 Å². The van der Waals surface area contributed by atoms with Crippen LogP contribution in [0.25, 0.3) is 0 Å². The fourth-order valence-corrected chi connectivity index (χ4v) is 3.79. The van der Waals surface area contributed by atoms with E-state index in [9.17, 15) is 0 Å². The summed E-state index contributed by atoms with van der Waals surface area (Å²) in [4.78, 5) is 3.47. The molecule has 1 aliphatic heterocycles. The van der Waals surface area contributed by atoms with E-state index in [1.54, 1.807) is 0 Å². The highest BCUT2D eigenvalue weighted by Gasteiger charge is 2.26. The second kappa shape index (κ2) is 7.18. The van der Waals surface area contributed by atoms with Crippen LogP contribution in [0.3, 0.4) is 0 Å². The summed E-state index contributed by atoms with van der Waals surface area (Å²) in [5, 5.41) is 2.26. The summed E-state index contributed by atoms with van der Waals surface area (Å²) in [5.74, 6) is 0. The Kier molecular flexibility index (Phi) is 5.01. The minimum atomic E-state index is 0.477. The number of piperidine rings is 1. The van der Waals surface area contributed by atoms with Crippen molar-refractivity contribution in [2.24, 2.45) is 0 Å². The molecule has 3 nitrogen and oxygen atoms in total. The molecule has 3 rings (SSSR count). The van der Waals surface area contributed by atoms with Gasteiger partial charge in [0.25, 0.3) is 0 Å². The lowest BCUT2D eigenvalue weighted by Crippen LogP contribution is -2.51. The second-order valence-electron chi connectivity index (χ2n) is 6.13. The van der Waals surface area contributed by atoms with Crippen LogP contribution in [0, 0.1) is 0 Å². The van der Waals surface area contributed by atoms with Crippen LogP contribution in [-0.2, 0) is 6.42 Å². The molecule has 0 bridgehead atoms. The summed E-state index contributed by atoms with van der Waals surface area (Å²) in [6.45, 7) is 6.42. The van der Waals surface area contributed by atoms with Crippen molar-refractivity contribution < 1.29 is 0 Å². The Labute approximate surface area is 144 Å². The highest BCUT2D eigenvalue weighted by molar-refractivity contribution is 7.80. The van der Waals surface area contributed by atoms with Crippen LogP contribution in [-0.4, -0.2) is 28.8 Å². The van der Waals surface area contributed by atoms with E-state index >= 15 is 0 Å². The van der Waals surface area contributed by atoms with Gasteiger partial charge in [0, 0.05) is 31.2 Å². The number of hydrogen-bond acceptors (Lipinski definition) is 2. The Hall–Kier alpha value is -1.81. The van der Waals surface area contributed by atoms with E-state index in [0.29, 0.717) is 6.04 Å². The van der Waals surface area contributed by atoms with E-state index in [4.69, 9.17) is 12.2 Å². The topological polar surface area (TPSA) is 11.4 Å². The first kappa shape index (κ1) is 16.1. The van der Waals surface area contributed by atoms with Crippen molar-refractivity contribution >= 4 is 22.9 Å². The minimum Gasteiger partial charge on any atom is -0.371 e. The fourth-order valence-electron chi connectivity index (χ4n) is 3.55. The molecule has 2 aromatic rings. The van der Waals surface area contributed by atoms with Crippen LogP contribution in [0.2, 0.25) is 0 Å². The van der Waals surface area contributed by atoms with Crippen molar-refractivity contribution in [2.75, 3.05) is 23.0 Å². The van der Waals surface area contributed by atoms with Gasteiger partial charge in [0.05, 0.1) is 11.0 Å². The third-order valence-electron chi connectivity index (χ3n) is 4.68. The molecule has 0 unspecified atom stereocenters. The zero-order valence-electron chi connectivity index (χ0n) is 14.0. The molecule has 1 aromatic heterocycles. The molecule has 0 atom stereocenters. The molecule has 122 valence electrons. The zero-order chi connectivity index (χ0) is 16.2. The number of aromatic nitrogens is 1. The summed E-state index contributed by atoms with van der Waals surface area (Å²) in [6, 6.07) is 13.4. The van der Waals surface area contributed by atoms with Crippen LogP contribution in [0.1, 0.15) is 32.3 Å². The van der Waals surface area contributed by atoms with Gasteiger partial charge in [0.15, 0.2) is 0 Å². The summed E-state index contributed by atoms with van der Waals surface area (Å²) in [5.41, 5.74) is 2.85. The number of benzene rings is 1. The number of thiocarbonyl (C=S) groups is 1. The first-order valence-corrected chi connectivity index (χ1v) is 8.87. The number of nitrogens with zero attached hydrogens (tertiary/aromatic N) is 3. The van der Waals surface area contributed by atoms with E-state index < -0.39 is 0 Å². The molecular weight excluding hydrogens is 302 g/mol. The molecule has 1 aliphatic rings. The first-order valence-electron chi connectivity index (χ1n) is 8.46. The van der Waals surface area contributed by atoms with Gasteiger partial charge in [-0.3, -0.25) is 9.69 Å². The lowest BCUT2D eigenvalue weighted by molar-refractivity contribution is 0.448. The van der Waals surface area contributed by atoms with Crippen LogP contribution >= 0.6 is 12.2 Å². The van der Waals surface area contributed by atoms with E-state index in [1.807, 2.05) is 6.92 Å². The molecule has 0 saturated carbocycles. The van der Waals surface area contributed by atoms with Crippen LogP contribution in [0.5, 0.6) is 0 Å². The molecule has 4 heteroatoms. The van der Waals surface area contributed by atoms with Crippen molar-refractivity contribution in [3.8, 4) is 0 Å². The van der Waals surface area contributed by atoms with Gasteiger partial charge >= 0.3 is 0 Å². The Bertz CT molecular complexity index is 642. The maximum atomic E-state index is 5.50. The number of para-hydroxylation sites is 1. The maximum Gasteiger partial charge on any atom is 0.0950 e. The molecule has 1 saturated heterocycles. The van der Waals surface area contributed by atoms with Gasteiger partial charge in [-0.25, -0.2) is 0 Å². The summed E-state index contributed by atoms with van der Waals surface area (Å²) in [6.07, 6.45) is 7.50. The van der Waals surface area contributed by atoms with Crippen molar-refractivity contribution in [3.05, 3.63) is 54.4 Å². The van der Waals surface area contributed by atoms with Gasteiger partial charge in [-0.2, -0.15) is 0 Å². The Balaban J connectivity index is 1.71. The average molecular weight is 327 g/mol. The Morgan fingerprint density at radius 1 is 1.13 bits per heavy atom. The Morgan fingerprint density at radius 2 is 1.78 bits per heavy atom. The highest BCUT2D eigenvalue weighted by atomic mass is 32.1. The molecule has 0 spiro atoms. The molecule has 1 aromatic carbocycles. The van der Waals surface area contributed by atoms with Crippen molar-refractivity contribution in [1.29, 1.82) is 0 Å². The van der Waals surface area contributed by atoms with Gasteiger partial charge in [-0.05, 0) is 49.9 Å². The normalized spacial score (nSPS) is 15.7. The summed E-state index contributed by atoms with van der Waals surface area (Å²) >= 11 is 5.50. The summed E-state index contributed by atoms with van der Waals surface area (Å²) in [7, 11) is 0. The van der Waals surface area contributed by atoms with E-state index in [2.05, 4.69) is 70.3 Å². The summed E-state index contributed by atoms with van der Waals surface area (Å²) < 4.78 is 2.13. The lowest BCUT2D eigenvalue weighted by atomic mass is 10.0. The van der Waals surface area contributed by atoms with Crippen LogP contribution < -0.4 is 9.91 Å². The number of hydrogen-bond donors (Lipinski definition) is 0. The van der Waals surface area contributed by atoms with Gasteiger partial charge in [-0.1, -0.05) is 37.3 Å². The molecule has 0 amide bonds. The van der Waals surface area contributed by atoms with Crippen molar-refractivity contribution in [1.82, 2.24) is 4.68 Å². The Morgan fingerprint density at radius 3 is 2.39 bits per heavy atom. The largest absolute Gasteiger partial charge is 0.371 e. The first-order chi connectivity index (χ1) is 11.2. The molecule has 23 heavy (non-hydrogen) atoms.